The molecule has 1 rings (SSSR count). The summed E-state index contributed by atoms with van der Waals surface area (Å²) in [6.45, 7) is 0. The highest BCUT2D eigenvalue weighted by atomic mass is 16.3. The van der Waals surface area contributed by atoms with Crippen LogP contribution in [0.15, 0.2) is 24.0 Å². The fourth-order valence-electron chi connectivity index (χ4n) is 0.574. The molecule has 1 aliphatic carbocycles. The Kier molecular flexibility index (Phi) is 1.35. The third-order valence-electron chi connectivity index (χ3n) is 0.939. The van der Waals surface area contributed by atoms with E-state index in [1.165, 1.54) is 0 Å². The van der Waals surface area contributed by atoms with Crippen LogP contribution < -0.4 is 0 Å². The van der Waals surface area contributed by atoms with Crippen molar-refractivity contribution in [2.75, 3.05) is 0 Å². The summed E-state index contributed by atoms with van der Waals surface area (Å²) in [7, 11) is 0. The molecule has 0 aromatic carbocycles. The fourth-order valence-corrected chi connectivity index (χ4v) is 0.574. The molecule has 8 heavy (non-hydrogen) atoms. The van der Waals surface area contributed by atoms with E-state index in [-0.39, 0.29) is 18.3 Å². The van der Waals surface area contributed by atoms with Crippen molar-refractivity contribution in [3.63, 3.8) is 0 Å². The Bertz CT molecular complexity index is 135. The number of rotatable bonds is 0. The average Bonchev–Trinajstić information content (AvgIpc) is 1.64. The average molecular weight is 111 g/mol. The van der Waals surface area contributed by atoms with E-state index in [1.807, 2.05) is 0 Å². The summed E-state index contributed by atoms with van der Waals surface area (Å²) in [5.74, 6) is 0.213. The van der Waals surface area contributed by atoms with E-state index >= 15 is 0 Å². The molecule has 0 aromatic heterocycles. The fraction of sp³-hybridized carbons (Fsp3) is 0.167. The van der Waals surface area contributed by atoms with Crippen molar-refractivity contribution in [3.8, 4) is 0 Å². The van der Waals surface area contributed by atoms with Crippen molar-refractivity contribution in [3.05, 3.63) is 30.1 Å². The molecule has 0 bridgehead atoms. The zero-order valence-corrected chi connectivity index (χ0v) is 4.33. The van der Waals surface area contributed by atoms with Crippen LogP contribution in [0.25, 0.3) is 0 Å². The van der Waals surface area contributed by atoms with Gasteiger partial charge in [0.2, 0.25) is 0 Å². The van der Waals surface area contributed by atoms with Crippen molar-refractivity contribution in [1.29, 1.82) is 0 Å². The first kappa shape index (κ1) is 5.38. The van der Waals surface area contributed by atoms with E-state index in [4.69, 9.17) is 10.2 Å². The van der Waals surface area contributed by atoms with E-state index < -0.39 is 0 Å². The number of hydrogen-bond donors (Lipinski definition) is 2. The standard InChI is InChI=1S/C6H7O2/c7-5-2-1-3-6(8)4-5/h1-3,7-8H,4H2. The quantitative estimate of drug-likeness (QED) is 0.494. The van der Waals surface area contributed by atoms with Crippen LogP contribution in [0.3, 0.4) is 0 Å². The molecule has 0 saturated heterocycles. The minimum atomic E-state index is 0.213. The maximum absolute atomic E-state index is 8.71. The lowest BCUT2D eigenvalue weighted by atomic mass is 10.1. The molecule has 1 aliphatic rings. The van der Waals surface area contributed by atoms with Crippen LogP contribution >= 0.6 is 0 Å². The van der Waals surface area contributed by atoms with Gasteiger partial charge in [0.1, 0.15) is 6.10 Å². The monoisotopic (exact) mass is 111 g/mol. The molecule has 2 N–H and O–H groups in total. The smallest absolute Gasteiger partial charge is 0.123 e. The Morgan fingerprint density at radius 1 is 1.38 bits per heavy atom. The summed E-state index contributed by atoms with van der Waals surface area (Å²) >= 11 is 0. The summed E-state index contributed by atoms with van der Waals surface area (Å²) in [5.41, 5.74) is 0. The van der Waals surface area contributed by atoms with Gasteiger partial charge in [-0.15, -0.1) is 0 Å². The van der Waals surface area contributed by atoms with Crippen molar-refractivity contribution in [2.45, 2.75) is 6.42 Å². The third-order valence-corrected chi connectivity index (χ3v) is 0.939. The normalized spacial score (nSPS) is 20.9. The second-order valence-electron chi connectivity index (χ2n) is 1.69. The van der Waals surface area contributed by atoms with Crippen molar-refractivity contribution < 1.29 is 10.2 Å². The van der Waals surface area contributed by atoms with E-state index in [1.54, 1.807) is 18.2 Å². The van der Waals surface area contributed by atoms with Gasteiger partial charge < -0.3 is 10.2 Å². The molecule has 0 heterocycles. The van der Waals surface area contributed by atoms with Crippen molar-refractivity contribution in [2.24, 2.45) is 0 Å². The van der Waals surface area contributed by atoms with Crippen LogP contribution in [0.4, 0.5) is 0 Å². The van der Waals surface area contributed by atoms with E-state index in [0.717, 1.165) is 0 Å². The van der Waals surface area contributed by atoms with Crippen LogP contribution in [0, 0.1) is 6.10 Å². The van der Waals surface area contributed by atoms with Gasteiger partial charge in [0, 0.05) is 6.42 Å². The molecular weight excluding hydrogens is 104 g/mol. The Morgan fingerprint density at radius 3 is 2.50 bits per heavy atom. The first-order valence-electron chi connectivity index (χ1n) is 2.40. The molecule has 0 fully saturated rings. The highest BCUT2D eigenvalue weighted by Gasteiger charge is 2.05. The van der Waals surface area contributed by atoms with Gasteiger partial charge >= 0.3 is 0 Å². The Labute approximate surface area is 47.8 Å². The largest absolute Gasteiger partial charge is 0.512 e. The molecule has 2 heteroatoms. The lowest BCUT2D eigenvalue weighted by Gasteiger charge is -2.05. The molecule has 0 saturated carbocycles. The molecule has 1 radical (unpaired) electrons. The van der Waals surface area contributed by atoms with Crippen LogP contribution in [0.2, 0.25) is 0 Å². The zero-order chi connectivity index (χ0) is 5.98. The summed E-state index contributed by atoms with van der Waals surface area (Å²) in [4.78, 5) is 0. The molecule has 0 aliphatic heterocycles. The highest BCUT2D eigenvalue weighted by Crippen LogP contribution is 2.14. The first-order chi connectivity index (χ1) is 3.79. The maximum atomic E-state index is 8.71. The lowest BCUT2D eigenvalue weighted by molar-refractivity contribution is 0.291. The molecular formula is C6H7O2. The van der Waals surface area contributed by atoms with Gasteiger partial charge in [-0.1, -0.05) is 6.08 Å². The minimum Gasteiger partial charge on any atom is -0.512 e. The molecule has 43 valence electrons. The van der Waals surface area contributed by atoms with Gasteiger partial charge in [-0.25, -0.2) is 0 Å². The second kappa shape index (κ2) is 2.01. The van der Waals surface area contributed by atoms with Gasteiger partial charge in [0.05, 0.1) is 5.76 Å². The van der Waals surface area contributed by atoms with Crippen LogP contribution in [-0.2, 0) is 0 Å². The Hall–Kier alpha value is -0.760. The number of hydrogen-bond acceptors (Lipinski definition) is 2. The van der Waals surface area contributed by atoms with Gasteiger partial charge in [-0.2, -0.15) is 0 Å². The Morgan fingerprint density at radius 2 is 2.12 bits per heavy atom. The van der Waals surface area contributed by atoms with Crippen LogP contribution in [-0.4, -0.2) is 10.2 Å². The van der Waals surface area contributed by atoms with Gasteiger partial charge in [-0.05, 0) is 12.2 Å². The van der Waals surface area contributed by atoms with E-state index in [0.29, 0.717) is 0 Å². The Balaban J connectivity index is 2.59. The van der Waals surface area contributed by atoms with E-state index in [2.05, 4.69) is 0 Å². The maximum Gasteiger partial charge on any atom is 0.123 e. The topological polar surface area (TPSA) is 40.5 Å². The van der Waals surface area contributed by atoms with Gasteiger partial charge in [0.15, 0.2) is 0 Å². The molecule has 0 unspecified atom stereocenters. The summed E-state index contributed by atoms with van der Waals surface area (Å²) < 4.78 is 0. The molecule has 0 spiro atoms. The molecule has 2 nitrogen and oxygen atoms in total. The van der Waals surface area contributed by atoms with Crippen LogP contribution in [0.1, 0.15) is 6.42 Å². The molecule has 0 amide bonds. The van der Waals surface area contributed by atoms with Crippen molar-refractivity contribution in [1.82, 2.24) is 0 Å². The highest BCUT2D eigenvalue weighted by molar-refractivity contribution is 5.22. The number of allylic oxidation sites excluding steroid dienone is 2. The number of aliphatic hydroxyl groups is 2. The molecule has 0 atom stereocenters. The summed E-state index contributed by atoms with van der Waals surface area (Å²) in [6.07, 6.45) is 5.20. The molecule has 0 aromatic rings. The predicted octanol–water partition coefficient (Wildman–Crippen LogP) is 1.29. The third kappa shape index (κ3) is 1.10. The van der Waals surface area contributed by atoms with Crippen LogP contribution in [0.5, 0.6) is 0 Å². The van der Waals surface area contributed by atoms with Gasteiger partial charge in [-0.3, -0.25) is 0 Å². The first-order valence-corrected chi connectivity index (χ1v) is 2.40. The number of aliphatic hydroxyl groups excluding tert-OH is 2. The second-order valence-corrected chi connectivity index (χ2v) is 1.69. The summed E-state index contributed by atoms with van der Waals surface area (Å²) in [5, 5.41) is 17.4. The van der Waals surface area contributed by atoms with Gasteiger partial charge in [0.25, 0.3) is 0 Å². The minimum absolute atomic E-state index is 0.213. The lowest BCUT2D eigenvalue weighted by Crippen LogP contribution is -1.96. The zero-order valence-electron chi connectivity index (χ0n) is 4.33. The predicted molar refractivity (Wildman–Crippen MR) is 29.6 cm³/mol. The SMILES string of the molecule is O[C]1C=CC=C(O)C1. The summed E-state index contributed by atoms with van der Waals surface area (Å²) in [6, 6.07) is 0. The van der Waals surface area contributed by atoms with E-state index in [9.17, 15) is 0 Å². The van der Waals surface area contributed by atoms with Crippen molar-refractivity contribution >= 4 is 0 Å².